The fourth-order valence-corrected chi connectivity index (χ4v) is 3.38. The van der Waals surface area contributed by atoms with Gasteiger partial charge in [-0.3, -0.25) is 19.0 Å². The normalized spacial score (nSPS) is 23.8. The Morgan fingerprint density at radius 3 is 2.34 bits per heavy atom. The van der Waals surface area contributed by atoms with Crippen LogP contribution in [-0.4, -0.2) is 62.3 Å². The van der Waals surface area contributed by atoms with Crippen LogP contribution < -0.4 is 0 Å². The molecule has 1 saturated heterocycles. The monoisotopic (exact) mass is 446 g/mol. The molecule has 0 N–H and O–H groups in total. The van der Waals surface area contributed by atoms with E-state index >= 15 is 0 Å². The maximum atomic E-state index is 11.7. The van der Waals surface area contributed by atoms with Crippen LogP contribution in [0.1, 0.15) is 27.0 Å². The summed E-state index contributed by atoms with van der Waals surface area (Å²) in [5, 5.41) is -0.104. The van der Waals surface area contributed by atoms with Crippen molar-refractivity contribution in [2.45, 2.75) is 45.3 Å². The third-order valence-corrected chi connectivity index (χ3v) is 4.40. The van der Waals surface area contributed by atoms with E-state index in [2.05, 4.69) is 15.0 Å². The third-order valence-electron chi connectivity index (χ3n) is 3.97. The van der Waals surface area contributed by atoms with Crippen LogP contribution in [0.5, 0.6) is 0 Å². The molecule has 1 aliphatic heterocycles. The smallest absolute Gasteiger partial charge is 0.303 e. The van der Waals surface area contributed by atoms with E-state index in [0.29, 0.717) is 0 Å². The van der Waals surface area contributed by atoms with Gasteiger partial charge in [-0.25, -0.2) is 9.97 Å². The molecule has 0 unspecified atom stereocenters. The van der Waals surface area contributed by atoms with E-state index in [1.54, 1.807) is 0 Å². The minimum absolute atomic E-state index is 0.0220. The molecule has 0 bridgehead atoms. The SMILES string of the molecule is CC(=O)OC[C@@H]1O[C@H](n2cnc3c(Cl)nc(Cl)nc32)[C@@H](OC(C)=O)[C@H]1OC(C)=O. The van der Waals surface area contributed by atoms with Crippen LogP contribution >= 0.6 is 23.2 Å². The first-order valence-electron chi connectivity index (χ1n) is 8.36. The van der Waals surface area contributed by atoms with Gasteiger partial charge < -0.3 is 18.9 Å². The number of imidazole rings is 1. The van der Waals surface area contributed by atoms with Gasteiger partial charge in [0.1, 0.15) is 18.2 Å². The lowest BCUT2D eigenvalue weighted by molar-refractivity contribution is -0.166. The fraction of sp³-hybridized carbons (Fsp3) is 0.500. The molecule has 1 aliphatic rings. The highest BCUT2D eigenvalue weighted by atomic mass is 35.5. The zero-order valence-corrected chi connectivity index (χ0v) is 17.0. The zero-order valence-electron chi connectivity index (χ0n) is 15.5. The Kier molecular flexibility index (Phi) is 6.20. The summed E-state index contributed by atoms with van der Waals surface area (Å²) in [5.74, 6) is -1.82. The van der Waals surface area contributed by atoms with Gasteiger partial charge in [-0.1, -0.05) is 11.6 Å². The molecule has 13 heteroatoms. The average molecular weight is 447 g/mol. The van der Waals surface area contributed by atoms with Crippen molar-refractivity contribution >= 4 is 52.3 Å². The second kappa shape index (κ2) is 8.47. The van der Waals surface area contributed by atoms with Crippen molar-refractivity contribution in [1.29, 1.82) is 0 Å². The molecule has 0 spiro atoms. The lowest BCUT2D eigenvalue weighted by Gasteiger charge is -2.23. The Bertz CT molecular complexity index is 966. The number of halogens is 2. The van der Waals surface area contributed by atoms with Crippen molar-refractivity contribution in [2.24, 2.45) is 0 Å². The number of esters is 3. The number of fused-ring (bicyclic) bond motifs is 1. The summed E-state index contributed by atoms with van der Waals surface area (Å²) in [6.45, 7) is 3.38. The Labute approximate surface area is 174 Å². The first-order chi connectivity index (χ1) is 13.7. The number of aromatic nitrogens is 4. The molecule has 0 radical (unpaired) electrons. The van der Waals surface area contributed by atoms with Crippen LogP contribution in [0.3, 0.4) is 0 Å². The molecule has 0 aromatic carbocycles. The van der Waals surface area contributed by atoms with Gasteiger partial charge >= 0.3 is 17.9 Å². The molecule has 3 heterocycles. The molecule has 11 nitrogen and oxygen atoms in total. The number of hydrogen-bond acceptors (Lipinski definition) is 10. The van der Waals surface area contributed by atoms with E-state index in [1.165, 1.54) is 31.7 Å². The molecule has 0 aliphatic carbocycles. The highest BCUT2D eigenvalue weighted by Gasteiger charge is 2.51. The van der Waals surface area contributed by atoms with Gasteiger partial charge in [-0.05, 0) is 11.6 Å². The maximum Gasteiger partial charge on any atom is 0.303 e. The molecule has 2 aromatic heterocycles. The number of carbonyl (C=O) groups is 3. The number of rotatable bonds is 5. The van der Waals surface area contributed by atoms with E-state index in [4.69, 9.17) is 42.1 Å². The largest absolute Gasteiger partial charge is 0.463 e. The predicted molar refractivity (Wildman–Crippen MR) is 97.0 cm³/mol. The van der Waals surface area contributed by atoms with Crippen LogP contribution in [0.4, 0.5) is 0 Å². The first-order valence-corrected chi connectivity index (χ1v) is 9.11. The van der Waals surface area contributed by atoms with Crippen molar-refractivity contribution in [1.82, 2.24) is 19.5 Å². The van der Waals surface area contributed by atoms with Crippen LogP contribution in [0.25, 0.3) is 11.2 Å². The molecular weight excluding hydrogens is 431 g/mol. The summed E-state index contributed by atoms with van der Waals surface area (Å²) in [6, 6.07) is 0. The molecule has 1 fully saturated rings. The van der Waals surface area contributed by atoms with Gasteiger partial charge in [0.15, 0.2) is 29.2 Å². The number of carbonyl (C=O) groups excluding carboxylic acids is 3. The van der Waals surface area contributed by atoms with Gasteiger partial charge in [0.05, 0.1) is 6.33 Å². The van der Waals surface area contributed by atoms with E-state index in [1.807, 2.05) is 0 Å². The maximum absolute atomic E-state index is 11.7. The highest BCUT2D eigenvalue weighted by Crippen LogP contribution is 2.36. The van der Waals surface area contributed by atoms with Crippen molar-refractivity contribution in [2.75, 3.05) is 6.61 Å². The second-order valence-electron chi connectivity index (χ2n) is 6.12. The third kappa shape index (κ3) is 4.57. The van der Waals surface area contributed by atoms with Crippen LogP contribution in [-0.2, 0) is 33.3 Å². The van der Waals surface area contributed by atoms with Crippen LogP contribution in [0.15, 0.2) is 6.33 Å². The Morgan fingerprint density at radius 1 is 1.07 bits per heavy atom. The average Bonchev–Trinajstić information content (AvgIpc) is 3.15. The zero-order chi connectivity index (χ0) is 21.3. The molecule has 0 saturated carbocycles. The van der Waals surface area contributed by atoms with Gasteiger partial charge in [-0.2, -0.15) is 4.98 Å². The molecule has 3 rings (SSSR count). The summed E-state index contributed by atoms with van der Waals surface area (Å²) in [5.41, 5.74) is 0.459. The van der Waals surface area contributed by atoms with Gasteiger partial charge in [-0.15, -0.1) is 0 Å². The summed E-state index contributed by atoms with van der Waals surface area (Å²) >= 11 is 11.9. The summed E-state index contributed by atoms with van der Waals surface area (Å²) in [6.07, 6.45) is -2.71. The highest BCUT2D eigenvalue weighted by molar-refractivity contribution is 6.35. The predicted octanol–water partition coefficient (Wildman–Crippen LogP) is 1.46. The van der Waals surface area contributed by atoms with E-state index in [-0.39, 0.29) is 28.2 Å². The molecule has 29 heavy (non-hydrogen) atoms. The summed E-state index contributed by atoms with van der Waals surface area (Å²) < 4.78 is 23.0. The molecule has 0 amide bonds. The minimum atomic E-state index is -1.08. The lowest BCUT2D eigenvalue weighted by Crippen LogP contribution is -2.40. The van der Waals surface area contributed by atoms with E-state index < -0.39 is 42.4 Å². The van der Waals surface area contributed by atoms with Crippen molar-refractivity contribution in [3.63, 3.8) is 0 Å². The summed E-state index contributed by atoms with van der Waals surface area (Å²) in [7, 11) is 0. The minimum Gasteiger partial charge on any atom is -0.463 e. The Balaban J connectivity index is 2.04. The van der Waals surface area contributed by atoms with Crippen molar-refractivity contribution in [3.05, 3.63) is 16.8 Å². The fourth-order valence-electron chi connectivity index (χ4n) is 2.96. The Morgan fingerprint density at radius 2 is 1.72 bits per heavy atom. The standard InChI is InChI=1S/C16H16Cl2N4O7/c1-6(23)26-4-9-11(27-7(2)24)12(28-8(3)25)15(29-9)22-5-19-10-13(17)20-16(18)21-14(10)22/h5,9,11-12,15H,4H2,1-3H3/t9-,11-,12-,15-/m0/s1. The van der Waals surface area contributed by atoms with E-state index in [0.717, 1.165) is 0 Å². The first kappa shape index (κ1) is 21.2. The topological polar surface area (TPSA) is 132 Å². The van der Waals surface area contributed by atoms with Crippen LogP contribution in [0.2, 0.25) is 10.4 Å². The van der Waals surface area contributed by atoms with Crippen LogP contribution in [0, 0.1) is 0 Å². The molecule has 4 atom stereocenters. The van der Waals surface area contributed by atoms with Gasteiger partial charge in [0.2, 0.25) is 5.28 Å². The quantitative estimate of drug-likeness (QED) is 0.287. The van der Waals surface area contributed by atoms with Crippen molar-refractivity contribution in [3.8, 4) is 0 Å². The molecular formula is C16H16Cl2N4O7. The second-order valence-corrected chi connectivity index (χ2v) is 6.82. The molecule has 2 aromatic rings. The number of ether oxygens (including phenoxy) is 4. The number of hydrogen-bond donors (Lipinski definition) is 0. The van der Waals surface area contributed by atoms with Crippen molar-refractivity contribution < 1.29 is 33.3 Å². The van der Waals surface area contributed by atoms with Gasteiger partial charge in [0.25, 0.3) is 0 Å². The number of nitrogens with zero attached hydrogens (tertiary/aromatic N) is 4. The van der Waals surface area contributed by atoms with E-state index in [9.17, 15) is 14.4 Å². The molecule has 156 valence electrons. The Hall–Kier alpha value is -2.50. The van der Waals surface area contributed by atoms with Gasteiger partial charge in [0, 0.05) is 20.8 Å². The lowest BCUT2D eigenvalue weighted by atomic mass is 10.1. The summed E-state index contributed by atoms with van der Waals surface area (Å²) in [4.78, 5) is 46.6.